The number of hydrogen-bond acceptors (Lipinski definition) is 3. The molecule has 3 atom stereocenters. The average Bonchev–Trinajstić information content (AvgIpc) is 2.45. The average molecular weight is 215 g/mol. The zero-order valence-electron chi connectivity index (χ0n) is 9.01. The summed E-state index contributed by atoms with van der Waals surface area (Å²) in [7, 11) is 0. The van der Waals surface area contributed by atoms with Crippen molar-refractivity contribution in [3.8, 4) is 0 Å². The molecule has 0 bridgehead atoms. The van der Waals surface area contributed by atoms with E-state index >= 15 is 0 Å². The summed E-state index contributed by atoms with van der Waals surface area (Å²) in [5, 5.41) is 18.4. The highest BCUT2D eigenvalue weighted by atomic mass is 16.4. The predicted octanol–water partition coefficient (Wildman–Crippen LogP) is 0.0789. The Balaban J connectivity index is 2.81. The first-order valence-electron chi connectivity index (χ1n) is 5.17. The van der Waals surface area contributed by atoms with E-state index in [1.54, 1.807) is 6.92 Å². The van der Waals surface area contributed by atoms with E-state index in [9.17, 15) is 14.7 Å². The van der Waals surface area contributed by atoms with Crippen molar-refractivity contribution in [2.45, 2.75) is 38.8 Å². The van der Waals surface area contributed by atoms with Gasteiger partial charge < -0.3 is 15.1 Å². The molecule has 1 amide bonds. The fourth-order valence-corrected chi connectivity index (χ4v) is 1.89. The highest BCUT2D eigenvalue weighted by molar-refractivity contribution is 5.85. The summed E-state index contributed by atoms with van der Waals surface area (Å²) in [6.45, 7) is 3.83. The lowest BCUT2D eigenvalue weighted by Crippen LogP contribution is -2.46. The Hall–Kier alpha value is -1.10. The van der Waals surface area contributed by atoms with Crippen LogP contribution in [0.5, 0.6) is 0 Å². The molecule has 1 unspecified atom stereocenters. The molecule has 0 aromatic carbocycles. The topological polar surface area (TPSA) is 77.8 Å². The SMILES string of the molecule is CC[C@H](C)[C@H](C(=O)O)N1CC(O)CC1=O. The fraction of sp³-hybridized carbons (Fsp3) is 0.800. The number of carbonyl (C=O) groups excluding carboxylic acids is 1. The number of carboxylic acid groups (broad SMARTS) is 1. The Morgan fingerprint density at radius 2 is 2.27 bits per heavy atom. The van der Waals surface area contributed by atoms with Crippen molar-refractivity contribution in [2.75, 3.05) is 6.54 Å². The van der Waals surface area contributed by atoms with Crippen molar-refractivity contribution in [3.05, 3.63) is 0 Å². The van der Waals surface area contributed by atoms with Crippen LogP contribution in [0.25, 0.3) is 0 Å². The standard InChI is InChI=1S/C10H17NO4/c1-3-6(2)9(10(14)15)11-5-7(12)4-8(11)13/h6-7,9,12H,3-5H2,1-2H3,(H,14,15)/t6-,7?,9+/m0/s1. The quantitative estimate of drug-likeness (QED) is 0.696. The maximum atomic E-state index is 11.5. The number of aliphatic hydroxyl groups is 1. The van der Waals surface area contributed by atoms with E-state index < -0.39 is 18.1 Å². The minimum Gasteiger partial charge on any atom is -0.480 e. The van der Waals surface area contributed by atoms with E-state index in [4.69, 9.17) is 5.11 Å². The second kappa shape index (κ2) is 4.61. The van der Waals surface area contributed by atoms with Gasteiger partial charge in [0.2, 0.25) is 5.91 Å². The molecule has 0 aliphatic carbocycles. The third-order valence-electron chi connectivity index (χ3n) is 2.91. The van der Waals surface area contributed by atoms with Crippen LogP contribution in [-0.2, 0) is 9.59 Å². The van der Waals surface area contributed by atoms with Gasteiger partial charge in [-0.25, -0.2) is 4.79 Å². The molecule has 86 valence electrons. The van der Waals surface area contributed by atoms with Crippen molar-refractivity contribution in [1.82, 2.24) is 4.90 Å². The van der Waals surface area contributed by atoms with Gasteiger partial charge in [0.15, 0.2) is 0 Å². The number of nitrogens with zero attached hydrogens (tertiary/aromatic N) is 1. The molecular weight excluding hydrogens is 198 g/mol. The van der Waals surface area contributed by atoms with E-state index in [1.807, 2.05) is 6.92 Å². The highest BCUT2D eigenvalue weighted by Gasteiger charge is 2.39. The van der Waals surface area contributed by atoms with Crippen molar-refractivity contribution in [3.63, 3.8) is 0 Å². The van der Waals surface area contributed by atoms with Crippen LogP contribution >= 0.6 is 0 Å². The molecule has 0 aromatic heterocycles. The number of amides is 1. The molecule has 1 rings (SSSR count). The zero-order valence-corrected chi connectivity index (χ0v) is 9.01. The van der Waals surface area contributed by atoms with Gasteiger partial charge in [0, 0.05) is 6.54 Å². The lowest BCUT2D eigenvalue weighted by atomic mass is 9.98. The van der Waals surface area contributed by atoms with Gasteiger partial charge in [-0.1, -0.05) is 20.3 Å². The summed E-state index contributed by atoms with van der Waals surface area (Å²) in [5.74, 6) is -1.36. The minimum absolute atomic E-state index is 0.0419. The van der Waals surface area contributed by atoms with Gasteiger partial charge >= 0.3 is 5.97 Å². The number of likely N-dealkylation sites (tertiary alicyclic amines) is 1. The molecule has 2 N–H and O–H groups in total. The van der Waals surface area contributed by atoms with Crippen LogP contribution in [0.4, 0.5) is 0 Å². The van der Waals surface area contributed by atoms with E-state index in [2.05, 4.69) is 0 Å². The Morgan fingerprint density at radius 1 is 1.67 bits per heavy atom. The van der Waals surface area contributed by atoms with Crippen LogP contribution in [0.2, 0.25) is 0 Å². The first kappa shape index (κ1) is 12.0. The van der Waals surface area contributed by atoms with Crippen LogP contribution in [0.1, 0.15) is 26.7 Å². The molecule has 15 heavy (non-hydrogen) atoms. The van der Waals surface area contributed by atoms with Crippen molar-refractivity contribution < 1.29 is 19.8 Å². The zero-order chi connectivity index (χ0) is 11.6. The van der Waals surface area contributed by atoms with Crippen LogP contribution in [0.15, 0.2) is 0 Å². The lowest BCUT2D eigenvalue weighted by Gasteiger charge is -2.28. The van der Waals surface area contributed by atoms with Crippen LogP contribution < -0.4 is 0 Å². The maximum absolute atomic E-state index is 11.5. The summed E-state index contributed by atoms with van der Waals surface area (Å²) in [4.78, 5) is 23.8. The summed E-state index contributed by atoms with van der Waals surface area (Å²) in [6.07, 6.45) is 0.0141. The van der Waals surface area contributed by atoms with E-state index in [0.717, 1.165) is 0 Å². The third-order valence-corrected chi connectivity index (χ3v) is 2.91. The number of carbonyl (C=O) groups is 2. The lowest BCUT2D eigenvalue weighted by molar-refractivity contribution is -0.150. The summed E-state index contributed by atoms with van der Waals surface area (Å²) >= 11 is 0. The second-order valence-corrected chi connectivity index (χ2v) is 4.07. The predicted molar refractivity (Wildman–Crippen MR) is 53.2 cm³/mol. The first-order chi connectivity index (χ1) is 6.97. The number of aliphatic hydroxyl groups excluding tert-OH is 1. The van der Waals surface area contributed by atoms with Gasteiger partial charge in [0.05, 0.1) is 12.5 Å². The molecule has 0 radical (unpaired) electrons. The molecule has 0 saturated carbocycles. The molecule has 1 heterocycles. The van der Waals surface area contributed by atoms with E-state index in [-0.39, 0.29) is 24.8 Å². The van der Waals surface area contributed by atoms with Gasteiger partial charge in [0.1, 0.15) is 6.04 Å². The summed E-state index contributed by atoms with van der Waals surface area (Å²) in [6, 6.07) is -0.806. The molecule has 1 aliphatic rings. The van der Waals surface area contributed by atoms with Crippen LogP contribution in [0, 0.1) is 5.92 Å². The van der Waals surface area contributed by atoms with Gasteiger partial charge in [-0.2, -0.15) is 0 Å². The molecule has 0 spiro atoms. The molecule has 5 heteroatoms. The van der Waals surface area contributed by atoms with Gasteiger partial charge in [-0.3, -0.25) is 4.79 Å². The normalized spacial score (nSPS) is 25.4. The smallest absolute Gasteiger partial charge is 0.326 e. The minimum atomic E-state index is -0.994. The molecule has 0 aromatic rings. The van der Waals surface area contributed by atoms with Gasteiger partial charge in [0.25, 0.3) is 0 Å². The van der Waals surface area contributed by atoms with E-state index in [0.29, 0.717) is 6.42 Å². The van der Waals surface area contributed by atoms with Crippen LogP contribution in [-0.4, -0.2) is 45.7 Å². The molecule has 5 nitrogen and oxygen atoms in total. The third kappa shape index (κ3) is 2.47. The maximum Gasteiger partial charge on any atom is 0.326 e. The summed E-state index contributed by atoms with van der Waals surface area (Å²) < 4.78 is 0. The monoisotopic (exact) mass is 215 g/mol. The van der Waals surface area contributed by atoms with Gasteiger partial charge in [-0.15, -0.1) is 0 Å². The highest BCUT2D eigenvalue weighted by Crippen LogP contribution is 2.21. The van der Waals surface area contributed by atoms with E-state index in [1.165, 1.54) is 4.90 Å². The number of β-amino-alcohol motifs (C(OH)–C–C–N with tert-alkyl or cyclic N) is 1. The molecule has 1 saturated heterocycles. The summed E-state index contributed by atoms with van der Waals surface area (Å²) in [5.41, 5.74) is 0. The molecule has 1 fully saturated rings. The Kier molecular flexibility index (Phi) is 3.68. The fourth-order valence-electron chi connectivity index (χ4n) is 1.89. The van der Waals surface area contributed by atoms with Gasteiger partial charge in [-0.05, 0) is 5.92 Å². The number of aliphatic carboxylic acids is 1. The number of carboxylic acids is 1. The van der Waals surface area contributed by atoms with Crippen molar-refractivity contribution in [2.24, 2.45) is 5.92 Å². The number of hydrogen-bond donors (Lipinski definition) is 2. The number of rotatable bonds is 4. The van der Waals surface area contributed by atoms with Crippen LogP contribution in [0.3, 0.4) is 0 Å². The first-order valence-corrected chi connectivity index (χ1v) is 5.17. The van der Waals surface area contributed by atoms with Crippen molar-refractivity contribution in [1.29, 1.82) is 0 Å². The Morgan fingerprint density at radius 3 is 2.60 bits per heavy atom. The molecular formula is C10H17NO4. The molecule has 1 aliphatic heterocycles. The Labute approximate surface area is 88.7 Å². The Bertz CT molecular complexity index is 266. The van der Waals surface area contributed by atoms with Crippen molar-refractivity contribution >= 4 is 11.9 Å². The second-order valence-electron chi connectivity index (χ2n) is 4.07. The largest absolute Gasteiger partial charge is 0.480 e.